The molecule has 0 aromatic rings. The van der Waals surface area contributed by atoms with Crippen molar-refractivity contribution < 1.29 is 14.7 Å². The van der Waals surface area contributed by atoms with E-state index in [2.05, 4.69) is 0 Å². The number of hydrogen-bond acceptors (Lipinski definition) is 2. The summed E-state index contributed by atoms with van der Waals surface area (Å²) in [4.78, 5) is 23.6. The van der Waals surface area contributed by atoms with Crippen molar-refractivity contribution in [1.82, 2.24) is 4.90 Å². The molecule has 0 aromatic carbocycles. The summed E-state index contributed by atoms with van der Waals surface area (Å²) in [5.41, 5.74) is 0. The van der Waals surface area contributed by atoms with E-state index < -0.39 is 5.97 Å². The highest BCUT2D eigenvalue weighted by molar-refractivity contribution is 5.83. The Morgan fingerprint density at radius 3 is 2.43 bits per heavy atom. The van der Waals surface area contributed by atoms with Gasteiger partial charge < -0.3 is 10.0 Å². The van der Waals surface area contributed by atoms with E-state index in [-0.39, 0.29) is 18.4 Å². The molecule has 0 bridgehead atoms. The number of carbonyl (C=O) groups excluding carboxylic acids is 1. The number of carboxylic acid groups (broad SMARTS) is 1. The zero-order valence-corrected chi connectivity index (χ0v) is 8.27. The molecule has 0 aliphatic heterocycles. The van der Waals surface area contributed by atoms with Crippen LogP contribution in [0.5, 0.6) is 0 Å². The van der Waals surface area contributed by atoms with Crippen molar-refractivity contribution in [2.24, 2.45) is 5.92 Å². The Morgan fingerprint density at radius 2 is 2.00 bits per heavy atom. The van der Waals surface area contributed by atoms with E-state index >= 15 is 0 Å². The molecule has 0 saturated heterocycles. The van der Waals surface area contributed by atoms with Crippen molar-refractivity contribution in [2.45, 2.75) is 19.8 Å². The number of rotatable bonds is 4. The van der Waals surface area contributed by atoms with Crippen LogP contribution in [0.25, 0.3) is 0 Å². The van der Waals surface area contributed by atoms with Crippen LogP contribution in [-0.2, 0) is 9.59 Å². The third kappa shape index (κ3) is 2.58. The van der Waals surface area contributed by atoms with Gasteiger partial charge in [0.2, 0.25) is 5.91 Å². The van der Waals surface area contributed by atoms with E-state index in [4.69, 9.17) is 5.11 Å². The molecule has 0 heterocycles. The van der Waals surface area contributed by atoms with E-state index in [1.54, 1.807) is 6.92 Å². The Morgan fingerprint density at radius 1 is 1.43 bits per heavy atom. The molecule has 0 spiro atoms. The lowest BCUT2D eigenvalue weighted by Gasteiger charge is -2.22. The number of aliphatic carboxylic acids is 1. The number of carbonyl (C=O) groups is 2. The lowest BCUT2D eigenvalue weighted by Crippen LogP contribution is -2.38. The average Bonchev–Trinajstić information content (AvgIpc) is 2.65. The predicted octanol–water partition coefficient (Wildman–Crippen LogP) is 0.886. The fourth-order valence-corrected chi connectivity index (χ4v) is 1.59. The Hall–Kier alpha value is -1.32. The molecule has 0 atom stereocenters. The van der Waals surface area contributed by atoms with Crippen molar-refractivity contribution in [2.75, 3.05) is 13.1 Å². The molecule has 0 radical (unpaired) electrons. The average molecular weight is 197 g/mol. The zero-order chi connectivity index (χ0) is 10.6. The van der Waals surface area contributed by atoms with Crippen LogP contribution in [-0.4, -0.2) is 35.0 Å². The molecule has 0 saturated carbocycles. The third-order valence-electron chi connectivity index (χ3n) is 2.38. The summed E-state index contributed by atoms with van der Waals surface area (Å²) >= 11 is 0. The van der Waals surface area contributed by atoms with Gasteiger partial charge in [-0.05, 0) is 19.8 Å². The van der Waals surface area contributed by atoms with Gasteiger partial charge in [-0.2, -0.15) is 0 Å². The van der Waals surface area contributed by atoms with Gasteiger partial charge in [0.05, 0.1) is 0 Å². The number of carboxylic acids is 1. The van der Waals surface area contributed by atoms with E-state index in [1.165, 1.54) is 4.90 Å². The molecular weight excluding hydrogens is 182 g/mol. The van der Waals surface area contributed by atoms with Gasteiger partial charge in [-0.25, -0.2) is 0 Å². The third-order valence-corrected chi connectivity index (χ3v) is 2.38. The minimum atomic E-state index is -0.953. The molecule has 1 amide bonds. The number of allylic oxidation sites excluding steroid dienone is 2. The normalized spacial score (nSPS) is 15.8. The van der Waals surface area contributed by atoms with Gasteiger partial charge in [0.1, 0.15) is 6.54 Å². The second-order valence-corrected chi connectivity index (χ2v) is 3.39. The van der Waals surface area contributed by atoms with Crippen LogP contribution in [0.2, 0.25) is 0 Å². The summed E-state index contributed by atoms with van der Waals surface area (Å²) < 4.78 is 0. The summed E-state index contributed by atoms with van der Waals surface area (Å²) in [6, 6.07) is 0. The van der Waals surface area contributed by atoms with E-state index in [9.17, 15) is 9.59 Å². The molecule has 1 aliphatic carbocycles. The van der Waals surface area contributed by atoms with Crippen LogP contribution in [0.4, 0.5) is 0 Å². The van der Waals surface area contributed by atoms with Crippen molar-refractivity contribution in [3.63, 3.8) is 0 Å². The first-order valence-electron chi connectivity index (χ1n) is 4.80. The number of likely N-dealkylation sites (N-methyl/N-ethyl adjacent to an activating group) is 1. The summed E-state index contributed by atoms with van der Waals surface area (Å²) in [6.07, 6.45) is 5.43. The molecule has 0 unspecified atom stereocenters. The summed E-state index contributed by atoms with van der Waals surface area (Å²) in [6.45, 7) is 2.07. The van der Waals surface area contributed by atoms with Crippen molar-refractivity contribution in [3.8, 4) is 0 Å². The van der Waals surface area contributed by atoms with Crippen LogP contribution in [0.3, 0.4) is 0 Å². The Labute approximate surface area is 83.2 Å². The first kappa shape index (κ1) is 10.8. The van der Waals surface area contributed by atoms with Crippen molar-refractivity contribution in [3.05, 3.63) is 12.2 Å². The lowest BCUT2D eigenvalue weighted by molar-refractivity contribution is -0.146. The largest absolute Gasteiger partial charge is 0.480 e. The number of amides is 1. The van der Waals surface area contributed by atoms with E-state index in [0.29, 0.717) is 6.54 Å². The van der Waals surface area contributed by atoms with Gasteiger partial charge >= 0.3 is 5.97 Å². The molecule has 1 rings (SSSR count). The second kappa shape index (κ2) is 4.79. The fourth-order valence-electron chi connectivity index (χ4n) is 1.59. The van der Waals surface area contributed by atoms with Gasteiger partial charge in [-0.1, -0.05) is 12.2 Å². The minimum Gasteiger partial charge on any atom is -0.480 e. The molecule has 1 N–H and O–H groups in total. The van der Waals surface area contributed by atoms with Gasteiger partial charge in [0.25, 0.3) is 0 Å². The monoisotopic (exact) mass is 197 g/mol. The second-order valence-electron chi connectivity index (χ2n) is 3.39. The SMILES string of the molecule is CCN(CC(=O)O)C(=O)C1CC=CC1. The van der Waals surface area contributed by atoms with Gasteiger partial charge in [0, 0.05) is 12.5 Å². The fraction of sp³-hybridized carbons (Fsp3) is 0.600. The van der Waals surface area contributed by atoms with Gasteiger partial charge in [-0.15, -0.1) is 0 Å². The van der Waals surface area contributed by atoms with Gasteiger partial charge in [0.15, 0.2) is 0 Å². The van der Waals surface area contributed by atoms with Crippen LogP contribution in [0.15, 0.2) is 12.2 Å². The zero-order valence-electron chi connectivity index (χ0n) is 8.27. The number of nitrogens with zero attached hydrogens (tertiary/aromatic N) is 1. The maximum absolute atomic E-state index is 11.7. The van der Waals surface area contributed by atoms with E-state index in [1.807, 2.05) is 12.2 Å². The Bertz CT molecular complexity index is 252. The quantitative estimate of drug-likeness (QED) is 0.681. The standard InChI is InChI=1S/C10H15NO3/c1-2-11(7-9(12)13)10(14)8-5-3-4-6-8/h3-4,8H,2,5-7H2,1H3,(H,12,13). The first-order valence-corrected chi connectivity index (χ1v) is 4.80. The molecule has 78 valence electrons. The highest BCUT2D eigenvalue weighted by atomic mass is 16.4. The maximum Gasteiger partial charge on any atom is 0.323 e. The highest BCUT2D eigenvalue weighted by Crippen LogP contribution is 2.20. The topological polar surface area (TPSA) is 57.6 Å². The van der Waals surface area contributed by atoms with Crippen LogP contribution in [0.1, 0.15) is 19.8 Å². The molecule has 1 aliphatic rings. The minimum absolute atomic E-state index is 0.0331. The smallest absolute Gasteiger partial charge is 0.323 e. The summed E-state index contributed by atoms with van der Waals surface area (Å²) in [7, 11) is 0. The highest BCUT2D eigenvalue weighted by Gasteiger charge is 2.24. The predicted molar refractivity (Wildman–Crippen MR) is 51.8 cm³/mol. The Balaban J connectivity index is 2.51. The number of hydrogen-bond donors (Lipinski definition) is 1. The summed E-state index contributed by atoms with van der Waals surface area (Å²) in [5.74, 6) is -1.03. The molecule has 0 fully saturated rings. The summed E-state index contributed by atoms with van der Waals surface area (Å²) in [5, 5.41) is 8.60. The molecule has 4 heteroatoms. The van der Waals surface area contributed by atoms with Crippen LogP contribution in [0, 0.1) is 5.92 Å². The Kier molecular flexibility index (Phi) is 3.68. The van der Waals surface area contributed by atoms with Gasteiger partial charge in [-0.3, -0.25) is 9.59 Å². The molecule has 14 heavy (non-hydrogen) atoms. The lowest BCUT2D eigenvalue weighted by atomic mass is 10.1. The van der Waals surface area contributed by atoms with E-state index in [0.717, 1.165) is 12.8 Å². The molecular formula is C10H15NO3. The van der Waals surface area contributed by atoms with Crippen molar-refractivity contribution >= 4 is 11.9 Å². The molecule has 4 nitrogen and oxygen atoms in total. The van der Waals surface area contributed by atoms with Crippen LogP contribution < -0.4 is 0 Å². The first-order chi connectivity index (χ1) is 6.65. The molecule has 0 aromatic heterocycles. The van der Waals surface area contributed by atoms with Crippen LogP contribution >= 0.6 is 0 Å². The van der Waals surface area contributed by atoms with Crippen molar-refractivity contribution in [1.29, 1.82) is 0 Å². The maximum atomic E-state index is 11.7.